The fourth-order valence-corrected chi connectivity index (χ4v) is 5.78. The van der Waals surface area contributed by atoms with Crippen molar-refractivity contribution in [3.63, 3.8) is 0 Å². The van der Waals surface area contributed by atoms with Gasteiger partial charge in [-0.1, -0.05) is 56.1 Å². The van der Waals surface area contributed by atoms with Crippen molar-refractivity contribution in [2.75, 3.05) is 5.75 Å². The summed E-state index contributed by atoms with van der Waals surface area (Å²) in [6.45, 7) is 2.11. The highest BCUT2D eigenvalue weighted by Crippen LogP contribution is 2.34. The lowest BCUT2D eigenvalue weighted by Crippen LogP contribution is -2.37. The lowest BCUT2D eigenvalue weighted by atomic mass is 9.95. The molecule has 1 N–H and O–H groups in total. The molecule has 1 aliphatic heterocycles. The SMILES string of the molecule is CC1Cc2nc(SCC(=O)NC3CCCCC3)n(-c3ccccc3)c(=O)c2S1. The molecule has 1 fully saturated rings. The van der Waals surface area contributed by atoms with Gasteiger partial charge in [-0.15, -0.1) is 11.8 Å². The zero-order chi connectivity index (χ0) is 19.5. The number of thioether (sulfide) groups is 2. The molecule has 1 saturated carbocycles. The van der Waals surface area contributed by atoms with Crippen LogP contribution in [-0.2, 0) is 11.2 Å². The van der Waals surface area contributed by atoms with Crippen LogP contribution in [0.1, 0.15) is 44.7 Å². The topological polar surface area (TPSA) is 64.0 Å². The van der Waals surface area contributed by atoms with E-state index in [9.17, 15) is 9.59 Å². The highest BCUT2D eigenvalue weighted by molar-refractivity contribution is 8.00. The van der Waals surface area contributed by atoms with Gasteiger partial charge in [-0.25, -0.2) is 4.98 Å². The van der Waals surface area contributed by atoms with Gasteiger partial charge >= 0.3 is 0 Å². The van der Waals surface area contributed by atoms with E-state index in [-0.39, 0.29) is 17.2 Å². The largest absolute Gasteiger partial charge is 0.353 e. The predicted octanol–water partition coefficient (Wildman–Crippen LogP) is 3.81. The molecule has 2 aromatic rings. The van der Waals surface area contributed by atoms with Crippen LogP contribution in [0.3, 0.4) is 0 Å². The number of amides is 1. The van der Waals surface area contributed by atoms with E-state index in [0.29, 0.717) is 16.4 Å². The summed E-state index contributed by atoms with van der Waals surface area (Å²) in [6.07, 6.45) is 6.57. The van der Waals surface area contributed by atoms with Gasteiger partial charge in [-0.05, 0) is 25.0 Å². The minimum atomic E-state index is -0.0271. The zero-order valence-corrected chi connectivity index (χ0v) is 17.7. The van der Waals surface area contributed by atoms with Crippen molar-refractivity contribution in [2.24, 2.45) is 0 Å². The Balaban J connectivity index is 1.57. The van der Waals surface area contributed by atoms with Crippen molar-refractivity contribution in [1.29, 1.82) is 0 Å². The van der Waals surface area contributed by atoms with E-state index in [1.807, 2.05) is 30.3 Å². The summed E-state index contributed by atoms with van der Waals surface area (Å²) in [4.78, 5) is 31.2. The van der Waals surface area contributed by atoms with Gasteiger partial charge < -0.3 is 5.32 Å². The molecular formula is C21H25N3O2S2. The van der Waals surface area contributed by atoms with E-state index < -0.39 is 0 Å². The Labute approximate surface area is 173 Å². The Hall–Kier alpha value is -1.73. The van der Waals surface area contributed by atoms with Gasteiger partial charge in [-0.3, -0.25) is 14.2 Å². The van der Waals surface area contributed by atoms with Gasteiger partial charge in [0.05, 0.1) is 22.0 Å². The second-order valence-corrected chi connectivity index (χ2v) is 9.86. The molecule has 1 unspecified atom stereocenters. The van der Waals surface area contributed by atoms with Crippen molar-refractivity contribution in [2.45, 2.75) is 66.8 Å². The van der Waals surface area contributed by atoms with Gasteiger partial charge in [0.25, 0.3) is 5.56 Å². The second kappa shape index (κ2) is 8.74. The molecule has 1 amide bonds. The van der Waals surface area contributed by atoms with Crippen molar-refractivity contribution < 1.29 is 4.79 Å². The Morgan fingerprint density at radius 2 is 2.00 bits per heavy atom. The lowest BCUT2D eigenvalue weighted by molar-refractivity contribution is -0.119. The number of nitrogens with zero attached hydrogens (tertiary/aromatic N) is 2. The minimum absolute atomic E-state index is 0.0222. The molecule has 5 nitrogen and oxygen atoms in total. The van der Waals surface area contributed by atoms with Crippen molar-refractivity contribution >= 4 is 29.4 Å². The summed E-state index contributed by atoms with van der Waals surface area (Å²) in [5.74, 6) is 0.297. The number of para-hydroxylation sites is 1. The molecule has 1 aromatic carbocycles. The van der Waals surface area contributed by atoms with Gasteiger partial charge in [0.15, 0.2) is 5.16 Å². The molecule has 28 heavy (non-hydrogen) atoms. The number of hydrogen-bond donors (Lipinski definition) is 1. The van der Waals surface area contributed by atoms with E-state index in [1.165, 1.54) is 31.0 Å². The number of carbonyl (C=O) groups is 1. The smallest absolute Gasteiger partial charge is 0.272 e. The maximum Gasteiger partial charge on any atom is 0.272 e. The third-order valence-corrected chi connectivity index (χ3v) is 7.35. The van der Waals surface area contributed by atoms with Crippen LogP contribution >= 0.6 is 23.5 Å². The van der Waals surface area contributed by atoms with Crippen LogP contribution < -0.4 is 10.9 Å². The predicted molar refractivity (Wildman–Crippen MR) is 115 cm³/mol. The number of fused-ring (bicyclic) bond motifs is 1. The molecule has 2 aliphatic rings. The van der Waals surface area contributed by atoms with Crippen LogP contribution in [0.2, 0.25) is 0 Å². The standard InChI is InChI=1S/C21H25N3O2S2/c1-14-12-17-19(28-14)20(26)24(16-10-6-3-7-11-16)21(23-17)27-13-18(25)22-15-8-4-2-5-9-15/h3,6-7,10-11,14-15H,2,4-5,8-9,12-13H2,1H3,(H,22,25). The van der Waals surface area contributed by atoms with Crippen LogP contribution in [0.4, 0.5) is 0 Å². The first-order chi connectivity index (χ1) is 13.6. The van der Waals surface area contributed by atoms with Gasteiger partial charge in [0.1, 0.15) is 0 Å². The summed E-state index contributed by atoms with van der Waals surface area (Å²) < 4.78 is 1.66. The van der Waals surface area contributed by atoms with Gasteiger partial charge in [-0.2, -0.15) is 0 Å². The number of carbonyl (C=O) groups excluding carboxylic acids is 1. The summed E-state index contributed by atoms with van der Waals surface area (Å²) in [7, 11) is 0. The molecule has 0 radical (unpaired) electrons. The Morgan fingerprint density at radius 3 is 2.75 bits per heavy atom. The second-order valence-electron chi connectivity index (χ2n) is 7.47. The number of benzene rings is 1. The summed E-state index contributed by atoms with van der Waals surface area (Å²) in [6, 6.07) is 9.86. The number of nitrogens with one attached hydrogen (secondary N) is 1. The maximum atomic E-state index is 13.2. The van der Waals surface area contributed by atoms with Crippen LogP contribution in [0.5, 0.6) is 0 Å². The molecule has 2 heterocycles. The van der Waals surface area contributed by atoms with Crippen molar-refractivity contribution in [3.05, 3.63) is 46.4 Å². The lowest BCUT2D eigenvalue weighted by Gasteiger charge is -2.22. The molecule has 1 aromatic heterocycles. The Morgan fingerprint density at radius 1 is 1.25 bits per heavy atom. The number of rotatable bonds is 5. The first-order valence-corrected chi connectivity index (χ1v) is 11.8. The summed E-state index contributed by atoms with van der Waals surface area (Å²) in [5, 5.41) is 4.10. The fraction of sp³-hybridized carbons (Fsp3) is 0.476. The molecular weight excluding hydrogens is 390 g/mol. The normalized spacial score (nSPS) is 19.4. The molecule has 1 aliphatic carbocycles. The molecule has 1 atom stereocenters. The van der Waals surface area contributed by atoms with E-state index in [1.54, 1.807) is 16.3 Å². The molecule has 4 rings (SSSR count). The Kier molecular flexibility index (Phi) is 6.11. The highest BCUT2D eigenvalue weighted by atomic mass is 32.2. The number of hydrogen-bond acceptors (Lipinski definition) is 5. The molecule has 7 heteroatoms. The average Bonchev–Trinajstić information content (AvgIpc) is 3.08. The first-order valence-electron chi connectivity index (χ1n) is 9.92. The monoisotopic (exact) mass is 415 g/mol. The van der Waals surface area contributed by atoms with Crippen molar-refractivity contribution in [3.8, 4) is 5.69 Å². The highest BCUT2D eigenvalue weighted by Gasteiger charge is 2.27. The number of aromatic nitrogens is 2. The van der Waals surface area contributed by atoms with Gasteiger partial charge in [0.2, 0.25) is 5.91 Å². The Bertz CT molecular complexity index is 908. The maximum absolute atomic E-state index is 13.2. The third-order valence-electron chi connectivity index (χ3n) is 5.20. The third kappa shape index (κ3) is 4.30. The quantitative estimate of drug-likeness (QED) is 0.594. The first kappa shape index (κ1) is 19.6. The van der Waals surface area contributed by atoms with E-state index in [4.69, 9.17) is 4.98 Å². The molecule has 0 saturated heterocycles. The molecule has 0 bridgehead atoms. The van der Waals surface area contributed by atoms with Crippen LogP contribution in [-0.4, -0.2) is 32.5 Å². The molecule has 148 valence electrons. The van der Waals surface area contributed by atoms with Gasteiger partial charge in [0, 0.05) is 17.7 Å². The van der Waals surface area contributed by atoms with E-state index in [0.717, 1.165) is 35.5 Å². The average molecular weight is 416 g/mol. The minimum Gasteiger partial charge on any atom is -0.353 e. The van der Waals surface area contributed by atoms with Crippen LogP contribution in [0, 0.1) is 0 Å². The van der Waals surface area contributed by atoms with E-state index in [2.05, 4.69) is 12.2 Å². The fourth-order valence-electron chi connectivity index (χ4n) is 3.85. The van der Waals surface area contributed by atoms with Crippen molar-refractivity contribution in [1.82, 2.24) is 14.9 Å². The summed E-state index contributed by atoms with van der Waals surface area (Å²) in [5.41, 5.74) is 1.63. The summed E-state index contributed by atoms with van der Waals surface area (Å²) >= 11 is 2.95. The van der Waals surface area contributed by atoms with E-state index >= 15 is 0 Å². The molecule has 0 spiro atoms. The van der Waals surface area contributed by atoms with Crippen LogP contribution in [0.25, 0.3) is 5.69 Å². The van der Waals surface area contributed by atoms with Crippen LogP contribution in [0.15, 0.2) is 45.2 Å². The zero-order valence-electron chi connectivity index (χ0n) is 16.0.